The maximum Gasteiger partial charge on any atom is 0.291 e. The molecule has 0 unspecified atom stereocenters. The van der Waals surface area contributed by atoms with Gasteiger partial charge in [0.05, 0.1) is 16.9 Å². The number of nitrogen functional groups attached to an aromatic ring is 1. The molecule has 0 aliphatic carbocycles. The van der Waals surface area contributed by atoms with Crippen molar-refractivity contribution < 1.29 is 4.79 Å². The molecule has 2 aromatic rings. The zero-order chi connectivity index (χ0) is 19.6. The highest BCUT2D eigenvalue weighted by atomic mass is 35.5. The molecule has 0 bridgehead atoms. The molecule has 0 aliphatic heterocycles. The zero-order valence-electron chi connectivity index (χ0n) is 14.9. The van der Waals surface area contributed by atoms with Crippen molar-refractivity contribution in [3.05, 3.63) is 43.9 Å². The molecular formula is C17H20Cl3N5O. The summed E-state index contributed by atoms with van der Waals surface area (Å²) in [6.07, 6.45) is 1.58. The number of nitrogens with zero attached hydrogens (tertiary/aromatic N) is 3. The third kappa shape index (κ3) is 4.31. The van der Waals surface area contributed by atoms with Crippen LogP contribution in [0.15, 0.2) is 11.2 Å². The van der Waals surface area contributed by atoms with E-state index in [1.54, 1.807) is 6.21 Å². The summed E-state index contributed by atoms with van der Waals surface area (Å²) in [4.78, 5) is 16.1. The topological polar surface area (TPSA) is 85.3 Å². The van der Waals surface area contributed by atoms with Crippen LogP contribution in [0.25, 0.3) is 0 Å². The number of amides is 1. The molecule has 0 saturated carbocycles. The minimum absolute atomic E-state index is 0.000283. The van der Waals surface area contributed by atoms with Gasteiger partial charge in [-0.2, -0.15) is 5.10 Å². The molecule has 0 aliphatic rings. The maximum absolute atomic E-state index is 12.2. The summed E-state index contributed by atoms with van der Waals surface area (Å²) in [7, 11) is 0. The Hall–Kier alpha value is -1.76. The fourth-order valence-corrected chi connectivity index (χ4v) is 3.09. The van der Waals surface area contributed by atoms with Crippen molar-refractivity contribution in [2.45, 2.75) is 34.2 Å². The summed E-state index contributed by atoms with van der Waals surface area (Å²) in [6, 6.07) is 2.01. The van der Waals surface area contributed by atoms with E-state index in [0.29, 0.717) is 5.92 Å². The van der Waals surface area contributed by atoms with Gasteiger partial charge in [-0.05, 0) is 25.8 Å². The second kappa shape index (κ2) is 8.29. The van der Waals surface area contributed by atoms with Gasteiger partial charge < -0.3 is 10.3 Å². The fraction of sp³-hybridized carbons (Fsp3) is 0.353. The minimum atomic E-state index is -0.632. The summed E-state index contributed by atoms with van der Waals surface area (Å²) in [5.41, 5.74) is 11.1. The lowest BCUT2D eigenvalue weighted by atomic mass is 10.2. The molecule has 6 nitrogen and oxygen atoms in total. The number of nitrogens with two attached hydrogens (primary N) is 1. The van der Waals surface area contributed by atoms with Gasteiger partial charge in [0.15, 0.2) is 10.8 Å². The molecule has 0 fully saturated rings. The van der Waals surface area contributed by atoms with E-state index < -0.39 is 5.91 Å². The lowest BCUT2D eigenvalue weighted by molar-refractivity contribution is 0.0950. The number of aryl methyl sites for hydroxylation is 1. The number of carbonyl (C=O) groups excluding carboxylic acids is 1. The first kappa shape index (κ1) is 20.6. The lowest BCUT2D eigenvalue weighted by Crippen LogP contribution is -2.20. The second-order valence-electron chi connectivity index (χ2n) is 6.32. The molecule has 1 amide bonds. The highest BCUT2D eigenvalue weighted by Crippen LogP contribution is 2.34. The Morgan fingerprint density at radius 2 is 2.00 bits per heavy atom. The Bertz CT molecular complexity index is 874. The largest absolute Gasteiger partial charge is 0.396 e. The molecule has 2 heterocycles. The number of aromatic nitrogens is 2. The minimum Gasteiger partial charge on any atom is -0.396 e. The van der Waals surface area contributed by atoms with E-state index in [0.717, 1.165) is 23.5 Å². The summed E-state index contributed by atoms with van der Waals surface area (Å²) in [6.45, 7) is 9.28. The molecule has 2 rings (SSSR count). The first-order chi connectivity index (χ1) is 12.1. The number of halogens is 3. The summed E-state index contributed by atoms with van der Waals surface area (Å²) in [5, 5.41) is 3.83. The zero-order valence-corrected chi connectivity index (χ0v) is 17.2. The molecule has 0 saturated heterocycles. The van der Waals surface area contributed by atoms with Crippen LogP contribution < -0.4 is 11.2 Å². The Morgan fingerprint density at radius 1 is 1.35 bits per heavy atom. The molecule has 0 spiro atoms. The highest BCUT2D eigenvalue weighted by molar-refractivity contribution is 6.46. The van der Waals surface area contributed by atoms with Crippen LogP contribution >= 0.6 is 34.8 Å². The molecular weight excluding hydrogens is 397 g/mol. The van der Waals surface area contributed by atoms with Crippen molar-refractivity contribution in [1.82, 2.24) is 15.0 Å². The highest BCUT2D eigenvalue weighted by Gasteiger charge is 2.19. The molecule has 2 aromatic heterocycles. The van der Waals surface area contributed by atoms with Gasteiger partial charge in [0.1, 0.15) is 5.02 Å². The predicted octanol–water partition coefficient (Wildman–Crippen LogP) is 4.46. The number of carbonyl (C=O) groups is 1. The van der Waals surface area contributed by atoms with Gasteiger partial charge in [-0.25, -0.2) is 10.4 Å². The van der Waals surface area contributed by atoms with E-state index >= 15 is 0 Å². The van der Waals surface area contributed by atoms with Crippen LogP contribution in [0, 0.1) is 19.8 Å². The van der Waals surface area contributed by atoms with Gasteiger partial charge >= 0.3 is 0 Å². The molecule has 0 radical (unpaired) electrons. The van der Waals surface area contributed by atoms with E-state index in [4.69, 9.17) is 40.5 Å². The van der Waals surface area contributed by atoms with Crippen molar-refractivity contribution >= 4 is 52.6 Å². The van der Waals surface area contributed by atoms with E-state index in [1.165, 1.54) is 0 Å². The van der Waals surface area contributed by atoms with Gasteiger partial charge in [-0.3, -0.25) is 4.79 Å². The average Bonchev–Trinajstić information content (AvgIpc) is 2.83. The summed E-state index contributed by atoms with van der Waals surface area (Å²) in [5.74, 6) is -0.106. The smallest absolute Gasteiger partial charge is 0.291 e. The van der Waals surface area contributed by atoms with E-state index in [-0.39, 0.29) is 26.6 Å². The summed E-state index contributed by atoms with van der Waals surface area (Å²) >= 11 is 17.7. The number of hydrazone groups is 1. The second-order valence-corrected chi connectivity index (χ2v) is 7.44. The number of nitrogens with one attached hydrogen (secondary N) is 1. The Labute approximate surface area is 167 Å². The summed E-state index contributed by atoms with van der Waals surface area (Å²) < 4.78 is 2.21. The van der Waals surface area contributed by atoms with Crippen molar-refractivity contribution in [1.29, 1.82) is 0 Å². The number of rotatable bonds is 5. The van der Waals surface area contributed by atoms with Crippen LogP contribution in [0.5, 0.6) is 0 Å². The van der Waals surface area contributed by atoms with E-state index in [1.807, 2.05) is 19.9 Å². The quantitative estimate of drug-likeness (QED) is 0.428. The molecule has 9 heteroatoms. The molecule has 26 heavy (non-hydrogen) atoms. The average molecular weight is 417 g/mol. The molecule has 0 aromatic carbocycles. The van der Waals surface area contributed by atoms with Crippen LogP contribution in [-0.4, -0.2) is 21.7 Å². The van der Waals surface area contributed by atoms with Crippen molar-refractivity contribution in [3.8, 4) is 0 Å². The fourth-order valence-electron chi connectivity index (χ4n) is 2.50. The Kier molecular flexibility index (Phi) is 6.55. The van der Waals surface area contributed by atoms with Crippen LogP contribution in [-0.2, 0) is 6.54 Å². The van der Waals surface area contributed by atoms with Crippen LogP contribution in [0.1, 0.15) is 41.3 Å². The number of hydrogen-bond acceptors (Lipinski definition) is 4. The van der Waals surface area contributed by atoms with Gasteiger partial charge in [-0.1, -0.05) is 48.7 Å². The van der Waals surface area contributed by atoms with Crippen molar-refractivity contribution in [2.24, 2.45) is 11.0 Å². The van der Waals surface area contributed by atoms with Crippen LogP contribution in [0.4, 0.5) is 5.69 Å². The lowest BCUT2D eigenvalue weighted by Gasteiger charge is -2.11. The van der Waals surface area contributed by atoms with Crippen molar-refractivity contribution in [3.63, 3.8) is 0 Å². The molecule has 140 valence electrons. The first-order valence-corrected chi connectivity index (χ1v) is 9.07. The van der Waals surface area contributed by atoms with E-state index in [9.17, 15) is 4.79 Å². The normalized spacial score (nSPS) is 11.5. The van der Waals surface area contributed by atoms with Gasteiger partial charge in [-0.15, -0.1) is 0 Å². The maximum atomic E-state index is 12.2. The van der Waals surface area contributed by atoms with Crippen LogP contribution in [0.3, 0.4) is 0 Å². The van der Waals surface area contributed by atoms with E-state index in [2.05, 4.69) is 33.9 Å². The number of anilines is 1. The SMILES string of the molecule is Cc1cc(/C=N/NC(=O)c2nc(Cl)c(Cl)c(N)c2Cl)c(C)n1CC(C)C. The van der Waals surface area contributed by atoms with Gasteiger partial charge in [0.25, 0.3) is 5.91 Å². The van der Waals surface area contributed by atoms with Gasteiger partial charge in [0.2, 0.25) is 0 Å². The van der Waals surface area contributed by atoms with Gasteiger partial charge in [0, 0.05) is 23.5 Å². The number of pyridine rings is 1. The monoisotopic (exact) mass is 415 g/mol. The molecule has 3 N–H and O–H groups in total. The molecule has 0 atom stereocenters. The Morgan fingerprint density at radius 3 is 2.62 bits per heavy atom. The van der Waals surface area contributed by atoms with Crippen LogP contribution in [0.2, 0.25) is 15.2 Å². The third-order valence-electron chi connectivity index (χ3n) is 3.82. The number of hydrogen-bond donors (Lipinski definition) is 2. The van der Waals surface area contributed by atoms with Crippen molar-refractivity contribution in [2.75, 3.05) is 5.73 Å². The Balaban J connectivity index is 2.18. The first-order valence-electron chi connectivity index (χ1n) is 7.93. The third-order valence-corrected chi connectivity index (χ3v) is 4.95. The standard InChI is InChI=1S/C17H20Cl3N5O/c1-8(2)7-25-9(3)5-11(10(25)4)6-22-24-17(26)15-12(18)14(21)13(19)16(20)23-15/h5-6,8H,7H2,1-4H3,(H2,21,23)(H,24,26)/b22-6+. The predicted molar refractivity (Wildman–Crippen MR) is 107 cm³/mol.